The average molecular weight is 571 g/mol. The SMILES string of the molecule is N#CC(c1ccccc1)(C1CCN(CC2CN(c3ccc(S(=O)(=O)c4ccncc4)cc3)C2)CC1)[C@H]1CCC[C@@H]1O. The summed E-state index contributed by atoms with van der Waals surface area (Å²) in [5.74, 6) is 0.805. The van der Waals surface area contributed by atoms with Gasteiger partial charge in [-0.05, 0) is 86.7 Å². The van der Waals surface area contributed by atoms with Crippen LogP contribution >= 0.6 is 0 Å². The minimum absolute atomic E-state index is 0.00211. The molecule has 3 aliphatic rings. The summed E-state index contributed by atoms with van der Waals surface area (Å²) < 4.78 is 25.7. The van der Waals surface area contributed by atoms with Gasteiger partial charge in [0.25, 0.3) is 0 Å². The van der Waals surface area contributed by atoms with E-state index in [0.717, 1.165) is 76.1 Å². The highest BCUT2D eigenvalue weighted by Gasteiger charge is 2.52. The van der Waals surface area contributed by atoms with Crippen LogP contribution in [0.15, 0.2) is 88.9 Å². The average Bonchev–Trinajstić information content (AvgIpc) is 3.43. The van der Waals surface area contributed by atoms with Crippen molar-refractivity contribution in [1.82, 2.24) is 9.88 Å². The van der Waals surface area contributed by atoms with Crippen LogP contribution in [0.25, 0.3) is 0 Å². The van der Waals surface area contributed by atoms with E-state index in [1.165, 1.54) is 24.5 Å². The van der Waals surface area contributed by atoms with Crippen LogP contribution < -0.4 is 4.90 Å². The number of anilines is 1. The van der Waals surface area contributed by atoms with Crippen LogP contribution in [-0.2, 0) is 15.3 Å². The van der Waals surface area contributed by atoms with E-state index in [4.69, 9.17) is 0 Å². The molecule has 2 saturated heterocycles. The molecule has 1 aromatic heterocycles. The van der Waals surface area contributed by atoms with E-state index >= 15 is 0 Å². The van der Waals surface area contributed by atoms with Crippen molar-refractivity contribution in [3.8, 4) is 6.07 Å². The molecule has 41 heavy (non-hydrogen) atoms. The van der Waals surface area contributed by atoms with Gasteiger partial charge in [-0.15, -0.1) is 0 Å². The first-order valence-electron chi connectivity index (χ1n) is 14.8. The van der Waals surface area contributed by atoms with Gasteiger partial charge in [0.2, 0.25) is 9.84 Å². The number of aliphatic hydroxyl groups is 1. The van der Waals surface area contributed by atoms with E-state index in [2.05, 4.69) is 33.0 Å². The fourth-order valence-corrected chi connectivity index (χ4v) is 8.75. The second-order valence-electron chi connectivity index (χ2n) is 12.0. The molecule has 2 aliphatic heterocycles. The van der Waals surface area contributed by atoms with Crippen LogP contribution in [0.5, 0.6) is 0 Å². The Hall–Kier alpha value is -3.25. The zero-order valence-electron chi connectivity index (χ0n) is 23.3. The Morgan fingerprint density at radius 2 is 1.56 bits per heavy atom. The summed E-state index contributed by atoms with van der Waals surface area (Å²) in [5.41, 5.74) is 1.49. The number of hydrogen-bond donors (Lipinski definition) is 1. The van der Waals surface area contributed by atoms with Gasteiger partial charge in [-0.2, -0.15) is 5.26 Å². The highest BCUT2D eigenvalue weighted by molar-refractivity contribution is 7.91. The second kappa shape index (κ2) is 11.6. The lowest BCUT2D eigenvalue weighted by Gasteiger charge is -2.47. The van der Waals surface area contributed by atoms with Gasteiger partial charge in [-0.25, -0.2) is 8.42 Å². The lowest BCUT2D eigenvalue weighted by Crippen LogP contribution is -2.54. The Balaban J connectivity index is 1.05. The molecular weight excluding hydrogens is 532 g/mol. The maximum atomic E-state index is 12.9. The lowest BCUT2D eigenvalue weighted by atomic mass is 9.59. The summed E-state index contributed by atoms with van der Waals surface area (Å²) in [4.78, 5) is 9.30. The predicted molar refractivity (Wildman–Crippen MR) is 158 cm³/mol. The third kappa shape index (κ3) is 5.27. The van der Waals surface area contributed by atoms with Crippen molar-refractivity contribution in [3.05, 3.63) is 84.7 Å². The van der Waals surface area contributed by atoms with Crippen LogP contribution in [0, 0.1) is 29.1 Å². The van der Waals surface area contributed by atoms with Crippen molar-refractivity contribution < 1.29 is 13.5 Å². The molecule has 3 aromatic rings. The third-order valence-corrected chi connectivity index (χ3v) is 11.5. The van der Waals surface area contributed by atoms with Gasteiger partial charge in [0.1, 0.15) is 0 Å². The number of rotatable bonds is 8. The predicted octanol–water partition coefficient (Wildman–Crippen LogP) is 4.69. The van der Waals surface area contributed by atoms with Gasteiger partial charge < -0.3 is 14.9 Å². The lowest BCUT2D eigenvalue weighted by molar-refractivity contribution is 0.0483. The van der Waals surface area contributed by atoms with Gasteiger partial charge in [0, 0.05) is 49.6 Å². The number of aromatic nitrogens is 1. The molecule has 3 atom stereocenters. The summed E-state index contributed by atoms with van der Waals surface area (Å²) in [6.07, 6.45) is 7.21. The summed E-state index contributed by atoms with van der Waals surface area (Å²) in [6.45, 7) is 4.89. The van der Waals surface area contributed by atoms with Crippen LogP contribution in [0.3, 0.4) is 0 Å². The zero-order valence-corrected chi connectivity index (χ0v) is 24.2. The molecule has 3 heterocycles. The van der Waals surface area contributed by atoms with Crippen molar-refractivity contribution in [3.63, 3.8) is 0 Å². The molecule has 1 unspecified atom stereocenters. The molecule has 7 nitrogen and oxygen atoms in total. The number of aliphatic hydroxyl groups excluding tert-OH is 1. The molecule has 1 saturated carbocycles. The Bertz CT molecular complexity index is 1460. The molecule has 1 N–H and O–H groups in total. The number of nitrogens with zero attached hydrogens (tertiary/aromatic N) is 4. The molecule has 0 radical (unpaired) electrons. The molecule has 2 aromatic carbocycles. The van der Waals surface area contributed by atoms with Crippen molar-refractivity contribution in [1.29, 1.82) is 5.26 Å². The maximum absolute atomic E-state index is 12.9. The molecule has 214 valence electrons. The molecule has 6 rings (SSSR count). The number of piperidine rings is 1. The van der Waals surface area contributed by atoms with Gasteiger partial charge in [0.05, 0.1) is 27.4 Å². The largest absolute Gasteiger partial charge is 0.393 e. The first kappa shape index (κ1) is 27.9. The third-order valence-electron chi connectivity index (χ3n) is 9.68. The molecule has 0 bridgehead atoms. The second-order valence-corrected chi connectivity index (χ2v) is 13.9. The Labute approximate surface area is 243 Å². The van der Waals surface area contributed by atoms with Crippen LogP contribution in [0.2, 0.25) is 0 Å². The Morgan fingerprint density at radius 3 is 2.17 bits per heavy atom. The fourth-order valence-electron chi connectivity index (χ4n) is 7.50. The molecule has 1 aliphatic carbocycles. The smallest absolute Gasteiger partial charge is 0.206 e. The van der Waals surface area contributed by atoms with Crippen molar-refractivity contribution in [2.24, 2.45) is 17.8 Å². The van der Waals surface area contributed by atoms with Crippen molar-refractivity contribution in [2.45, 2.75) is 53.4 Å². The minimum Gasteiger partial charge on any atom is -0.393 e. The molecule has 0 spiro atoms. The highest BCUT2D eigenvalue weighted by atomic mass is 32.2. The first-order chi connectivity index (χ1) is 19.9. The van der Waals surface area contributed by atoms with E-state index in [1.807, 2.05) is 30.3 Å². The normalized spacial score (nSPS) is 24.0. The van der Waals surface area contributed by atoms with Crippen LogP contribution in [0.1, 0.15) is 37.7 Å². The molecular formula is C33H38N4O3S. The zero-order chi connectivity index (χ0) is 28.5. The van der Waals surface area contributed by atoms with E-state index in [0.29, 0.717) is 10.8 Å². The number of sulfone groups is 1. The first-order valence-corrected chi connectivity index (χ1v) is 16.3. The van der Waals surface area contributed by atoms with Gasteiger partial charge in [0.15, 0.2) is 0 Å². The molecule has 3 fully saturated rings. The van der Waals surface area contributed by atoms with Crippen LogP contribution in [0.4, 0.5) is 5.69 Å². The minimum atomic E-state index is -3.54. The van der Waals surface area contributed by atoms with E-state index in [9.17, 15) is 18.8 Å². The maximum Gasteiger partial charge on any atom is 0.206 e. The Kier molecular flexibility index (Phi) is 7.86. The Morgan fingerprint density at radius 1 is 0.902 bits per heavy atom. The van der Waals surface area contributed by atoms with Gasteiger partial charge in [-0.1, -0.05) is 36.8 Å². The number of nitriles is 1. The van der Waals surface area contributed by atoms with Crippen molar-refractivity contribution in [2.75, 3.05) is 37.6 Å². The monoisotopic (exact) mass is 570 g/mol. The quantitative estimate of drug-likeness (QED) is 0.420. The van der Waals surface area contributed by atoms with E-state index in [1.54, 1.807) is 12.1 Å². The summed E-state index contributed by atoms with van der Waals surface area (Å²) >= 11 is 0. The van der Waals surface area contributed by atoms with Gasteiger partial charge >= 0.3 is 0 Å². The number of benzene rings is 2. The summed E-state index contributed by atoms with van der Waals surface area (Å²) in [5, 5.41) is 21.5. The fraction of sp³-hybridized carbons (Fsp3) is 0.455. The summed E-state index contributed by atoms with van der Waals surface area (Å²) in [6, 6.07) is 23.2. The number of likely N-dealkylation sites (tertiary alicyclic amines) is 1. The number of pyridine rings is 1. The van der Waals surface area contributed by atoms with Crippen molar-refractivity contribution >= 4 is 15.5 Å². The number of hydrogen-bond acceptors (Lipinski definition) is 7. The topological polar surface area (TPSA) is 97.5 Å². The summed E-state index contributed by atoms with van der Waals surface area (Å²) in [7, 11) is -3.54. The van der Waals surface area contributed by atoms with Gasteiger partial charge in [-0.3, -0.25) is 4.98 Å². The van der Waals surface area contributed by atoms with Crippen LogP contribution in [-0.4, -0.2) is 62.2 Å². The molecule has 0 amide bonds. The standard InChI is InChI=1S/C33H38N4O3S/c34-24-33(26-5-2-1-3-6-26,31-7-4-8-32(31)38)27-15-19-36(20-16-27)21-25-22-37(23-25)28-9-11-29(12-10-28)41(39,40)30-13-17-35-18-14-30/h1-3,5-6,9-14,17-18,25,27,31-32,38H,4,7-8,15-16,19-23H2/t31-,32-,33?/m0/s1. The van der Waals surface area contributed by atoms with E-state index in [-0.39, 0.29) is 16.7 Å². The molecule has 8 heteroatoms. The highest BCUT2D eigenvalue weighted by Crippen LogP contribution is 2.50. The van der Waals surface area contributed by atoms with E-state index < -0.39 is 21.4 Å².